The van der Waals surface area contributed by atoms with Crippen LogP contribution in [-0.4, -0.2) is 71.8 Å². The highest BCUT2D eigenvalue weighted by molar-refractivity contribution is 5.84. The molecule has 6 rings (SSSR count). The van der Waals surface area contributed by atoms with Crippen molar-refractivity contribution in [2.24, 2.45) is 0 Å². The minimum Gasteiger partial charge on any atom is -0.304 e. The molecular formula is C38H40N4O. The number of piperazine rings is 1. The number of rotatable bonds is 10. The zero-order valence-corrected chi connectivity index (χ0v) is 25.1. The molecular weight excluding hydrogens is 528 g/mol. The zero-order valence-electron chi connectivity index (χ0n) is 25.1. The van der Waals surface area contributed by atoms with E-state index in [4.69, 9.17) is 4.98 Å². The number of pyridine rings is 1. The molecule has 2 unspecified atom stereocenters. The number of benzene rings is 4. The molecule has 1 aliphatic heterocycles. The van der Waals surface area contributed by atoms with Crippen LogP contribution in [0.2, 0.25) is 0 Å². The lowest BCUT2D eigenvalue weighted by Crippen LogP contribution is -2.53. The van der Waals surface area contributed by atoms with Gasteiger partial charge in [0, 0.05) is 55.8 Å². The summed E-state index contributed by atoms with van der Waals surface area (Å²) < 4.78 is 0. The molecule has 0 aliphatic carbocycles. The molecule has 0 radical (unpaired) electrons. The van der Waals surface area contributed by atoms with Crippen molar-refractivity contribution in [2.45, 2.75) is 25.6 Å². The number of aldehydes is 1. The quantitative estimate of drug-likeness (QED) is 0.177. The van der Waals surface area contributed by atoms with Crippen molar-refractivity contribution < 1.29 is 4.79 Å². The molecule has 0 bridgehead atoms. The molecule has 1 fully saturated rings. The third kappa shape index (κ3) is 6.75. The number of likely N-dealkylation sites (N-methyl/N-ethyl adjacent to an activating group) is 1. The first-order chi connectivity index (χ1) is 21.1. The third-order valence-electron chi connectivity index (χ3n) is 8.64. The average Bonchev–Trinajstić information content (AvgIpc) is 3.05. The van der Waals surface area contributed by atoms with Gasteiger partial charge in [-0.15, -0.1) is 0 Å². The third-order valence-corrected chi connectivity index (χ3v) is 8.64. The molecule has 43 heavy (non-hydrogen) atoms. The van der Waals surface area contributed by atoms with E-state index < -0.39 is 0 Å². The van der Waals surface area contributed by atoms with E-state index in [0.717, 1.165) is 60.2 Å². The molecule has 5 nitrogen and oxygen atoms in total. The highest BCUT2D eigenvalue weighted by Crippen LogP contribution is 2.38. The summed E-state index contributed by atoms with van der Waals surface area (Å²) in [7, 11) is 2.15. The largest absolute Gasteiger partial charge is 0.304 e. The van der Waals surface area contributed by atoms with E-state index in [1.54, 1.807) is 0 Å². The highest BCUT2D eigenvalue weighted by Gasteiger charge is 2.31. The maximum absolute atomic E-state index is 12.8. The first-order valence-electron chi connectivity index (χ1n) is 15.3. The van der Waals surface area contributed by atoms with Gasteiger partial charge in [-0.2, -0.15) is 0 Å². The number of carbonyl (C=O) groups is 1. The fraction of sp³-hybridized carbons (Fsp3) is 0.263. The second kappa shape index (κ2) is 13.4. The lowest BCUT2D eigenvalue weighted by molar-refractivity contribution is -0.114. The second-order valence-electron chi connectivity index (χ2n) is 11.8. The SMILES string of the molecule is Cc1ccc2nc(-c3ccccc3)c(C(c3ccccc3)N(Cc3ccccc3)CC(C=O)N3CCN(C)CC3)cc2c1. The van der Waals surface area contributed by atoms with E-state index in [2.05, 4.69) is 144 Å². The van der Waals surface area contributed by atoms with Crippen molar-refractivity contribution in [2.75, 3.05) is 39.8 Å². The Balaban J connectivity index is 1.53. The number of nitrogens with zero attached hydrogens (tertiary/aromatic N) is 4. The predicted octanol–water partition coefficient (Wildman–Crippen LogP) is 6.62. The number of aromatic nitrogens is 1. The Hall–Kier alpha value is -4.16. The van der Waals surface area contributed by atoms with E-state index in [9.17, 15) is 4.79 Å². The number of hydrogen-bond acceptors (Lipinski definition) is 5. The van der Waals surface area contributed by atoms with Crippen LogP contribution >= 0.6 is 0 Å². The van der Waals surface area contributed by atoms with E-state index in [0.29, 0.717) is 13.1 Å². The summed E-state index contributed by atoms with van der Waals surface area (Å²) in [4.78, 5) is 25.3. The van der Waals surface area contributed by atoms with Crippen LogP contribution in [-0.2, 0) is 11.3 Å². The van der Waals surface area contributed by atoms with E-state index in [-0.39, 0.29) is 12.1 Å². The molecule has 5 heteroatoms. The zero-order chi connectivity index (χ0) is 29.6. The van der Waals surface area contributed by atoms with Gasteiger partial charge in [0.1, 0.15) is 6.29 Å². The fourth-order valence-corrected chi connectivity index (χ4v) is 6.29. The monoisotopic (exact) mass is 568 g/mol. The molecule has 0 N–H and O–H groups in total. The molecule has 5 aromatic rings. The van der Waals surface area contributed by atoms with Gasteiger partial charge in [0.15, 0.2) is 0 Å². The lowest BCUT2D eigenvalue weighted by Gasteiger charge is -2.40. The molecule has 2 atom stereocenters. The Bertz CT molecular complexity index is 1630. The van der Waals surface area contributed by atoms with Crippen LogP contribution < -0.4 is 0 Å². The lowest BCUT2D eigenvalue weighted by atomic mass is 9.91. The molecule has 0 saturated carbocycles. The number of aryl methyl sites for hydroxylation is 1. The standard InChI is InChI=1S/C38H40N4O/c1-29-18-19-36-33(24-29)25-35(37(39-36)31-14-8-4-9-15-31)38(32-16-10-5-11-17-32)42(26-30-12-6-3-7-13-30)27-34(28-43)41-22-20-40(2)21-23-41/h3-19,24-25,28,34,38H,20-23,26-27H2,1-2H3. The van der Waals surface area contributed by atoms with Crippen molar-refractivity contribution in [3.8, 4) is 11.3 Å². The minimum absolute atomic E-state index is 0.121. The van der Waals surface area contributed by atoms with Crippen LogP contribution in [0.25, 0.3) is 22.2 Å². The molecule has 1 aliphatic rings. The van der Waals surface area contributed by atoms with Gasteiger partial charge in [-0.05, 0) is 43.3 Å². The summed E-state index contributed by atoms with van der Waals surface area (Å²) in [6.07, 6.45) is 1.16. The first kappa shape index (κ1) is 28.9. The fourth-order valence-electron chi connectivity index (χ4n) is 6.29. The highest BCUT2D eigenvalue weighted by atomic mass is 16.1. The van der Waals surface area contributed by atoms with Crippen molar-refractivity contribution in [1.82, 2.24) is 19.7 Å². The average molecular weight is 569 g/mol. The van der Waals surface area contributed by atoms with Gasteiger partial charge >= 0.3 is 0 Å². The second-order valence-corrected chi connectivity index (χ2v) is 11.8. The summed E-state index contributed by atoms with van der Waals surface area (Å²) in [5.41, 5.74) is 7.82. The Morgan fingerprint density at radius 1 is 0.814 bits per heavy atom. The van der Waals surface area contributed by atoms with Gasteiger partial charge < -0.3 is 9.69 Å². The van der Waals surface area contributed by atoms with Crippen LogP contribution in [0, 0.1) is 6.92 Å². The summed E-state index contributed by atoms with van der Waals surface area (Å²) in [5.74, 6) is 0. The number of carbonyl (C=O) groups excluding carboxylic acids is 1. The normalized spacial score (nSPS) is 15.9. The Kier molecular flexibility index (Phi) is 9.04. The van der Waals surface area contributed by atoms with Crippen molar-refractivity contribution in [1.29, 1.82) is 0 Å². The predicted molar refractivity (Wildman–Crippen MR) is 176 cm³/mol. The summed E-state index contributed by atoms with van der Waals surface area (Å²) in [6, 6.07) is 40.3. The Morgan fingerprint density at radius 3 is 2.14 bits per heavy atom. The van der Waals surface area contributed by atoms with Gasteiger partial charge in [0.05, 0.1) is 23.3 Å². The van der Waals surface area contributed by atoms with E-state index in [1.165, 1.54) is 16.7 Å². The van der Waals surface area contributed by atoms with Gasteiger partial charge in [0.2, 0.25) is 0 Å². The van der Waals surface area contributed by atoms with Gasteiger partial charge in [-0.25, -0.2) is 4.98 Å². The van der Waals surface area contributed by atoms with Crippen LogP contribution in [0.1, 0.15) is 28.3 Å². The van der Waals surface area contributed by atoms with Crippen LogP contribution in [0.15, 0.2) is 115 Å². The molecule has 4 aromatic carbocycles. The number of hydrogen-bond donors (Lipinski definition) is 0. The summed E-state index contributed by atoms with van der Waals surface area (Å²) in [5, 5.41) is 1.13. The van der Waals surface area contributed by atoms with Crippen LogP contribution in [0.5, 0.6) is 0 Å². The van der Waals surface area contributed by atoms with Crippen molar-refractivity contribution in [3.05, 3.63) is 138 Å². The molecule has 0 amide bonds. The topological polar surface area (TPSA) is 39.7 Å². The molecule has 1 aromatic heterocycles. The van der Waals surface area contributed by atoms with Gasteiger partial charge in [-0.1, -0.05) is 103 Å². The van der Waals surface area contributed by atoms with E-state index in [1.807, 2.05) is 0 Å². The number of fused-ring (bicyclic) bond motifs is 1. The molecule has 0 spiro atoms. The maximum atomic E-state index is 12.8. The Morgan fingerprint density at radius 2 is 1.47 bits per heavy atom. The maximum Gasteiger partial charge on any atom is 0.138 e. The van der Waals surface area contributed by atoms with Crippen LogP contribution in [0.3, 0.4) is 0 Å². The van der Waals surface area contributed by atoms with Gasteiger partial charge in [0.25, 0.3) is 0 Å². The first-order valence-corrected chi connectivity index (χ1v) is 15.3. The van der Waals surface area contributed by atoms with Gasteiger partial charge in [-0.3, -0.25) is 9.80 Å². The van der Waals surface area contributed by atoms with Crippen molar-refractivity contribution in [3.63, 3.8) is 0 Å². The summed E-state index contributed by atoms with van der Waals surface area (Å²) in [6.45, 7) is 7.17. The molecule has 1 saturated heterocycles. The smallest absolute Gasteiger partial charge is 0.138 e. The van der Waals surface area contributed by atoms with Crippen LogP contribution in [0.4, 0.5) is 0 Å². The minimum atomic E-state index is -0.209. The molecule has 2 heterocycles. The Labute approximate surface area is 255 Å². The molecule has 218 valence electrons. The van der Waals surface area contributed by atoms with E-state index >= 15 is 0 Å². The van der Waals surface area contributed by atoms with Crippen molar-refractivity contribution >= 4 is 17.2 Å². The summed E-state index contributed by atoms with van der Waals surface area (Å²) >= 11 is 0.